The van der Waals surface area contributed by atoms with Crippen molar-refractivity contribution in [3.05, 3.63) is 29.8 Å². The number of likely N-dealkylation sites (tertiary alicyclic amines) is 1. The van der Waals surface area contributed by atoms with Gasteiger partial charge in [0.2, 0.25) is 11.8 Å². The maximum atomic E-state index is 13.1. The topological polar surface area (TPSA) is 116 Å². The number of carboxylic acids is 1. The number of nitrogens with zero attached hydrogens (tertiary/aromatic N) is 1. The zero-order valence-electron chi connectivity index (χ0n) is 16.8. The minimum absolute atomic E-state index is 0.263. The molecule has 158 valence electrons. The molecule has 0 aliphatic carbocycles. The van der Waals surface area contributed by atoms with Crippen LogP contribution in [0, 0.1) is 11.8 Å². The van der Waals surface area contributed by atoms with E-state index < -0.39 is 41.9 Å². The van der Waals surface area contributed by atoms with Crippen molar-refractivity contribution in [3.8, 4) is 5.75 Å². The number of fused-ring (bicyclic) bond motifs is 1. The zero-order valence-corrected chi connectivity index (χ0v) is 16.8. The van der Waals surface area contributed by atoms with E-state index in [0.29, 0.717) is 24.3 Å². The highest BCUT2D eigenvalue weighted by atomic mass is 16.5. The number of carbonyl (C=O) groups is 3. The molecule has 1 aromatic rings. The van der Waals surface area contributed by atoms with Crippen molar-refractivity contribution < 1.29 is 29.3 Å². The van der Waals surface area contributed by atoms with Gasteiger partial charge in [-0.1, -0.05) is 32.4 Å². The molecule has 2 fully saturated rings. The van der Waals surface area contributed by atoms with E-state index in [1.807, 2.05) is 13.8 Å². The number of ether oxygens (including phenoxy) is 1. The molecule has 2 heterocycles. The lowest BCUT2D eigenvalue weighted by Crippen LogP contribution is -2.58. The summed E-state index contributed by atoms with van der Waals surface area (Å²) in [4.78, 5) is 39.3. The molecule has 2 aliphatic heterocycles. The Hall–Kier alpha value is -2.45. The van der Waals surface area contributed by atoms with Crippen molar-refractivity contribution in [1.82, 2.24) is 10.2 Å². The summed E-state index contributed by atoms with van der Waals surface area (Å²) in [6.07, 6.45) is 2.33. The van der Waals surface area contributed by atoms with Crippen molar-refractivity contribution in [2.24, 2.45) is 11.8 Å². The van der Waals surface area contributed by atoms with Gasteiger partial charge in [-0.15, -0.1) is 0 Å². The van der Waals surface area contributed by atoms with Crippen molar-refractivity contribution in [1.29, 1.82) is 0 Å². The molecule has 8 nitrogen and oxygen atoms in total. The fourth-order valence-corrected chi connectivity index (χ4v) is 4.29. The first-order valence-corrected chi connectivity index (χ1v) is 10.1. The Morgan fingerprint density at radius 3 is 2.41 bits per heavy atom. The van der Waals surface area contributed by atoms with Gasteiger partial charge in [0.05, 0.1) is 25.0 Å². The molecule has 0 saturated carbocycles. The molecule has 2 amide bonds. The number of nitrogens with one attached hydrogen (secondary N) is 1. The lowest BCUT2D eigenvalue weighted by Gasteiger charge is -2.29. The zero-order chi connectivity index (χ0) is 21.2. The van der Waals surface area contributed by atoms with Crippen LogP contribution in [-0.2, 0) is 14.4 Å². The number of aliphatic hydroxyl groups is 1. The summed E-state index contributed by atoms with van der Waals surface area (Å²) in [5.74, 6) is -3.58. The average molecular weight is 404 g/mol. The Morgan fingerprint density at radius 2 is 1.86 bits per heavy atom. The summed E-state index contributed by atoms with van der Waals surface area (Å²) in [5, 5.41) is 22.7. The van der Waals surface area contributed by atoms with Crippen molar-refractivity contribution >= 4 is 17.8 Å². The fourth-order valence-electron chi connectivity index (χ4n) is 4.29. The highest BCUT2D eigenvalue weighted by molar-refractivity contribution is 6.09. The molecule has 3 rings (SSSR count). The number of amides is 2. The third kappa shape index (κ3) is 3.51. The van der Waals surface area contributed by atoms with Gasteiger partial charge in [0.25, 0.3) is 0 Å². The summed E-state index contributed by atoms with van der Waals surface area (Å²) in [6, 6.07) is 6.37. The summed E-state index contributed by atoms with van der Waals surface area (Å²) in [7, 11) is 0. The molecule has 29 heavy (non-hydrogen) atoms. The van der Waals surface area contributed by atoms with E-state index in [-0.39, 0.29) is 12.5 Å². The van der Waals surface area contributed by atoms with Crippen LogP contribution < -0.4 is 10.1 Å². The van der Waals surface area contributed by atoms with Crippen LogP contribution in [0.3, 0.4) is 0 Å². The van der Waals surface area contributed by atoms with Crippen LogP contribution in [0.1, 0.15) is 44.7 Å². The van der Waals surface area contributed by atoms with Gasteiger partial charge < -0.3 is 14.9 Å². The monoisotopic (exact) mass is 404 g/mol. The molecular formula is C21H28N2O6. The minimum Gasteiger partial charge on any atom is -0.494 e. The van der Waals surface area contributed by atoms with Gasteiger partial charge in [0.15, 0.2) is 5.54 Å². The van der Waals surface area contributed by atoms with Crippen molar-refractivity contribution in [2.45, 2.75) is 44.7 Å². The first-order valence-electron chi connectivity index (χ1n) is 10.1. The summed E-state index contributed by atoms with van der Waals surface area (Å²) < 4.78 is 5.58. The van der Waals surface area contributed by atoms with E-state index in [0.717, 1.165) is 12.8 Å². The number of carbonyl (C=O) groups excluding carboxylic acids is 2. The maximum Gasteiger partial charge on any atom is 0.327 e. The van der Waals surface area contributed by atoms with Crippen LogP contribution in [-0.4, -0.2) is 58.2 Å². The lowest BCUT2D eigenvalue weighted by molar-refractivity contribution is -0.153. The lowest BCUT2D eigenvalue weighted by atomic mass is 9.79. The molecule has 4 atom stereocenters. The molecule has 0 aromatic heterocycles. The predicted molar refractivity (Wildman–Crippen MR) is 104 cm³/mol. The number of aliphatic carboxylic acids is 1. The summed E-state index contributed by atoms with van der Waals surface area (Å²) >= 11 is 0. The van der Waals surface area contributed by atoms with E-state index in [4.69, 9.17) is 4.74 Å². The van der Waals surface area contributed by atoms with Gasteiger partial charge >= 0.3 is 5.97 Å². The maximum absolute atomic E-state index is 13.1. The number of imide groups is 1. The van der Waals surface area contributed by atoms with Crippen LogP contribution in [0.25, 0.3) is 0 Å². The van der Waals surface area contributed by atoms with Gasteiger partial charge in [-0.2, -0.15) is 0 Å². The van der Waals surface area contributed by atoms with Gasteiger partial charge in [-0.3, -0.25) is 24.6 Å². The second kappa shape index (κ2) is 8.51. The average Bonchev–Trinajstić information content (AvgIpc) is 3.20. The molecule has 0 bridgehead atoms. The molecule has 3 N–H and O–H groups in total. The fraction of sp³-hybridized carbons (Fsp3) is 0.571. The summed E-state index contributed by atoms with van der Waals surface area (Å²) in [6.45, 7) is 4.02. The molecule has 0 radical (unpaired) electrons. The molecule has 8 heteroatoms. The standard InChI is InChI=1S/C21H28N2O6/c1-3-5-10-23-18(25)15-16(19(23)26)21(12-24,20(27)28)22-17(15)13-6-8-14(9-7-13)29-11-4-2/h6-9,15-17,22,24H,3-5,10-12H2,1-2H3,(H,27,28). The van der Waals surface area contributed by atoms with Crippen LogP contribution >= 0.6 is 0 Å². The first-order chi connectivity index (χ1) is 13.9. The van der Waals surface area contributed by atoms with Crippen molar-refractivity contribution in [3.63, 3.8) is 0 Å². The Bertz CT molecular complexity index is 780. The van der Waals surface area contributed by atoms with E-state index in [1.54, 1.807) is 24.3 Å². The largest absolute Gasteiger partial charge is 0.494 e. The van der Waals surface area contributed by atoms with Gasteiger partial charge in [-0.05, 0) is 30.5 Å². The highest BCUT2D eigenvalue weighted by Crippen LogP contribution is 2.48. The summed E-state index contributed by atoms with van der Waals surface area (Å²) in [5.41, 5.74) is -1.21. The number of hydrogen-bond donors (Lipinski definition) is 3. The minimum atomic E-state index is -1.89. The highest BCUT2D eigenvalue weighted by Gasteiger charge is 2.68. The second-order valence-electron chi connectivity index (χ2n) is 7.66. The van der Waals surface area contributed by atoms with Crippen LogP contribution in [0.15, 0.2) is 24.3 Å². The normalized spacial score (nSPS) is 28.7. The van der Waals surface area contributed by atoms with Crippen LogP contribution in [0.5, 0.6) is 5.75 Å². The van der Waals surface area contributed by atoms with E-state index in [9.17, 15) is 24.6 Å². The molecule has 2 saturated heterocycles. The third-order valence-electron chi connectivity index (χ3n) is 5.82. The second-order valence-corrected chi connectivity index (χ2v) is 7.66. The SMILES string of the molecule is CCCCN1C(=O)C2C(c3ccc(OCCC)cc3)NC(CO)(C(=O)O)C2C1=O. The molecule has 1 aromatic carbocycles. The number of aliphatic hydroxyl groups excluding tert-OH is 1. The first kappa shape index (κ1) is 21.3. The number of rotatable bonds is 9. The van der Waals surface area contributed by atoms with Crippen LogP contribution in [0.4, 0.5) is 0 Å². The Balaban J connectivity index is 1.97. The molecular weight excluding hydrogens is 376 g/mol. The van der Waals surface area contributed by atoms with E-state index >= 15 is 0 Å². The third-order valence-corrected chi connectivity index (χ3v) is 5.82. The molecule has 4 unspecified atom stereocenters. The van der Waals surface area contributed by atoms with Gasteiger partial charge in [-0.25, -0.2) is 0 Å². The number of benzene rings is 1. The Kier molecular flexibility index (Phi) is 6.24. The molecule has 2 aliphatic rings. The van der Waals surface area contributed by atoms with Gasteiger partial charge in [0, 0.05) is 12.6 Å². The van der Waals surface area contributed by atoms with E-state index in [2.05, 4.69) is 5.32 Å². The Morgan fingerprint density at radius 1 is 1.17 bits per heavy atom. The number of carboxylic acid groups (broad SMARTS) is 1. The van der Waals surface area contributed by atoms with Crippen LogP contribution in [0.2, 0.25) is 0 Å². The van der Waals surface area contributed by atoms with E-state index in [1.165, 1.54) is 4.90 Å². The molecule has 0 spiro atoms. The predicted octanol–water partition coefficient (Wildman–Crippen LogP) is 1.34. The quantitative estimate of drug-likeness (QED) is 0.532. The van der Waals surface area contributed by atoms with Crippen molar-refractivity contribution in [2.75, 3.05) is 19.8 Å². The van der Waals surface area contributed by atoms with Gasteiger partial charge in [0.1, 0.15) is 5.75 Å². The number of hydrogen-bond acceptors (Lipinski definition) is 6. The Labute approximate surface area is 169 Å². The number of unbranched alkanes of at least 4 members (excludes halogenated alkanes) is 1. The smallest absolute Gasteiger partial charge is 0.327 e.